The van der Waals surface area contributed by atoms with E-state index < -0.39 is 22.8 Å². The maximum atomic E-state index is 14.2. The van der Waals surface area contributed by atoms with Gasteiger partial charge in [-0.05, 0) is 206 Å². The van der Waals surface area contributed by atoms with E-state index in [1.807, 2.05) is 26.0 Å². The van der Waals surface area contributed by atoms with Crippen LogP contribution in [0.2, 0.25) is 0 Å². The molecule has 69 heavy (non-hydrogen) atoms. The summed E-state index contributed by atoms with van der Waals surface area (Å²) in [6.45, 7) is 31.4. The Labute approximate surface area is 446 Å². The molecule has 0 amide bonds. The van der Waals surface area contributed by atoms with Crippen molar-refractivity contribution in [3.8, 4) is 0 Å². The summed E-state index contributed by atoms with van der Waals surface area (Å²) in [5.74, 6) is -0.532. The fourth-order valence-electron chi connectivity index (χ4n) is 20.7. The minimum atomic E-state index is -0.940. The van der Waals surface area contributed by atoms with Gasteiger partial charge in [0.05, 0.1) is 12.2 Å². The second-order valence-corrected chi connectivity index (χ2v) is 29.8. The first-order valence-corrected chi connectivity index (χ1v) is 27.4. The molecule has 10 rings (SSSR count). The second-order valence-electron chi connectivity index (χ2n) is 29.8. The molecule has 8 saturated carbocycles. The number of ketones is 2. The zero-order valence-electron chi connectivity index (χ0n) is 45.6. The van der Waals surface area contributed by atoms with E-state index in [9.17, 15) is 39.6 Å². The van der Waals surface area contributed by atoms with Crippen LogP contribution >= 0.6 is 0 Å². The molecule has 0 aromatic carbocycles. The number of aliphatic hydroxyl groups is 2. The standard InChI is InChI=1S/2C30H46O4.Ca/c2*1-25(2)21-8-11-30(7)23(28(21,5)10-9-22(25)32)20(31)16-18-19-17-27(4,24(33)34)13-12-26(19,3)14-15-29(18,30)6;/h2*16,19,21-23,32H,8-15,17H2,1-7H3,(H,33,34);/q;;+2/p-2/t2*19-,21-,22-,23+,26+,27-,28-,29+,30+;/m00./s1. The van der Waals surface area contributed by atoms with E-state index in [1.54, 1.807) is 0 Å². The van der Waals surface area contributed by atoms with E-state index >= 15 is 0 Å². The van der Waals surface area contributed by atoms with Crippen LogP contribution in [0.5, 0.6) is 0 Å². The van der Waals surface area contributed by atoms with E-state index in [4.69, 9.17) is 0 Å². The number of rotatable bonds is 2. The molecule has 10 aliphatic rings. The van der Waals surface area contributed by atoms with Gasteiger partial charge in [-0.2, -0.15) is 0 Å². The summed E-state index contributed by atoms with van der Waals surface area (Å²) < 4.78 is 0. The van der Waals surface area contributed by atoms with Gasteiger partial charge < -0.3 is 30.0 Å². The number of carboxylic acids is 2. The predicted molar refractivity (Wildman–Crippen MR) is 267 cm³/mol. The number of carboxylic acid groups (broad SMARTS) is 2. The molecular weight excluding hydrogens is 889 g/mol. The SMILES string of the molecule is CC1(C)[C@@H](O)CC[C@]2(C)[C@H]3C(=O)C=C4[C@@H]5C[C@@](C)(C(=O)[O-])CC[C@]5(C)CC[C@@]4(C)[C@]3(C)CC[C@@H]12.CC1(C)[C@@H](O)CC[C@]2(C)[C@H]3C(=O)C=C4[C@@H]5C[C@@](C)(C(=O)[O-])CC[C@]5(C)CC[C@@]4(C)[C@]3(C)CC[C@@H]12.[Ca+2]. The molecule has 0 aliphatic heterocycles. The second kappa shape index (κ2) is 16.5. The zero-order chi connectivity index (χ0) is 50.2. The number of carbonyl (C=O) groups excluding carboxylic acids is 4. The van der Waals surface area contributed by atoms with Crippen LogP contribution in [-0.4, -0.2) is 83.7 Å². The number of hydrogen-bond acceptors (Lipinski definition) is 8. The Bertz CT molecular complexity index is 2090. The average Bonchev–Trinajstić information content (AvgIpc) is 3.24. The van der Waals surface area contributed by atoms with Crippen molar-refractivity contribution in [2.75, 3.05) is 0 Å². The third kappa shape index (κ3) is 7.13. The quantitative estimate of drug-likeness (QED) is 0.259. The monoisotopic (exact) mass is 979 g/mol. The van der Waals surface area contributed by atoms with Crippen molar-refractivity contribution < 1.29 is 39.6 Å². The van der Waals surface area contributed by atoms with E-state index in [1.165, 1.54) is 11.1 Å². The molecule has 8 fully saturated rings. The maximum absolute atomic E-state index is 14.2. The van der Waals surface area contributed by atoms with Crippen molar-refractivity contribution in [2.45, 2.75) is 225 Å². The molecule has 0 unspecified atom stereocenters. The first kappa shape index (κ1) is 54.2. The number of aliphatic hydroxyl groups excluding tert-OH is 2. The van der Waals surface area contributed by atoms with Gasteiger partial charge in [-0.1, -0.05) is 108 Å². The average molecular weight is 979 g/mol. The Morgan fingerprint density at radius 1 is 0.478 bits per heavy atom. The Morgan fingerprint density at radius 3 is 1.12 bits per heavy atom. The molecule has 0 radical (unpaired) electrons. The van der Waals surface area contributed by atoms with Crippen molar-refractivity contribution in [1.29, 1.82) is 0 Å². The normalized spacial score (nSPS) is 53.3. The van der Waals surface area contributed by atoms with E-state index in [0.29, 0.717) is 37.5 Å². The third-order valence-electron chi connectivity index (χ3n) is 26.1. The van der Waals surface area contributed by atoms with Crippen LogP contribution in [0.15, 0.2) is 23.3 Å². The summed E-state index contributed by atoms with van der Waals surface area (Å²) in [4.78, 5) is 52.6. The van der Waals surface area contributed by atoms with Crippen molar-refractivity contribution in [3.05, 3.63) is 23.3 Å². The van der Waals surface area contributed by atoms with Crippen molar-refractivity contribution >= 4 is 61.2 Å². The topological polar surface area (TPSA) is 155 Å². The summed E-state index contributed by atoms with van der Waals surface area (Å²) in [6.07, 6.45) is 19.4. The Morgan fingerprint density at radius 2 is 0.797 bits per heavy atom. The van der Waals surface area contributed by atoms with Gasteiger partial charge in [0.2, 0.25) is 0 Å². The Hall–Kier alpha value is -1.06. The molecule has 8 nitrogen and oxygen atoms in total. The van der Waals surface area contributed by atoms with Gasteiger partial charge >= 0.3 is 37.7 Å². The summed E-state index contributed by atoms with van der Waals surface area (Å²) in [7, 11) is 0. The Balaban J connectivity index is 0.000000183. The minimum absolute atomic E-state index is 0. The number of fused-ring (bicyclic) bond motifs is 14. The summed E-state index contributed by atoms with van der Waals surface area (Å²) in [5.41, 5.74) is -0.156. The van der Waals surface area contributed by atoms with Gasteiger partial charge in [0.15, 0.2) is 11.6 Å². The van der Waals surface area contributed by atoms with Gasteiger partial charge in [-0.25, -0.2) is 0 Å². The molecular formula is C60H90CaO8. The fourth-order valence-corrected chi connectivity index (χ4v) is 20.7. The number of aliphatic carboxylic acids is 2. The molecule has 2 N–H and O–H groups in total. The van der Waals surface area contributed by atoms with Gasteiger partial charge in [0.1, 0.15) is 0 Å². The Kier molecular flexibility index (Phi) is 12.9. The molecule has 0 aromatic heterocycles. The zero-order valence-corrected chi connectivity index (χ0v) is 47.8. The molecule has 18 atom stereocenters. The molecule has 380 valence electrons. The van der Waals surface area contributed by atoms with Crippen LogP contribution in [-0.2, 0) is 19.2 Å². The van der Waals surface area contributed by atoms with Gasteiger partial charge in [0.25, 0.3) is 0 Å². The van der Waals surface area contributed by atoms with Crippen LogP contribution in [0.25, 0.3) is 0 Å². The summed E-state index contributed by atoms with van der Waals surface area (Å²) in [6, 6.07) is 0. The van der Waals surface area contributed by atoms with Gasteiger partial charge in [0, 0.05) is 34.6 Å². The first-order valence-electron chi connectivity index (χ1n) is 27.4. The van der Waals surface area contributed by atoms with Crippen LogP contribution < -0.4 is 10.2 Å². The van der Waals surface area contributed by atoms with Crippen LogP contribution in [0.4, 0.5) is 0 Å². The van der Waals surface area contributed by atoms with E-state index in [2.05, 4.69) is 83.1 Å². The van der Waals surface area contributed by atoms with Crippen molar-refractivity contribution in [1.82, 2.24) is 0 Å². The number of hydrogen-bond donors (Lipinski definition) is 2. The van der Waals surface area contributed by atoms with E-state index in [0.717, 1.165) is 89.9 Å². The fraction of sp³-hybridized carbons (Fsp3) is 0.867. The minimum Gasteiger partial charge on any atom is -0.550 e. The molecule has 0 aromatic rings. The van der Waals surface area contributed by atoms with Crippen LogP contribution in [0.3, 0.4) is 0 Å². The summed E-state index contributed by atoms with van der Waals surface area (Å²) >= 11 is 0. The van der Waals surface area contributed by atoms with Crippen molar-refractivity contribution in [2.24, 2.45) is 100 Å². The maximum Gasteiger partial charge on any atom is 2.00 e. The molecule has 9 heteroatoms. The van der Waals surface area contributed by atoms with Crippen LogP contribution in [0.1, 0.15) is 213 Å². The molecule has 0 saturated heterocycles. The largest absolute Gasteiger partial charge is 2.00 e. The molecule has 0 heterocycles. The molecule has 10 aliphatic carbocycles. The van der Waals surface area contributed by atoms with Crippen LogP contribution in [0, 0.1) is 100 Å². The number of carbonyl (C=O) groups is 4. The van der Waals surface area contributed by atoms with Gasteiger partial charge in [-0.3, -0.25) is 9.59 Å². The van der Waals surface area contributed by atoms with E-state index in [-0.39, 0.29) is 139 Å². The summed E-state index contributed by atoms with van der Waals surface area (Å²) in [5, 5.41) is 46.0. The van der Waals surface area contributed by atoms with Gasteiger partial charge in [-0.15, -0.1) is 0 Å². The smallest absolute Gasteiger partial charge is 0.550 e. The molecule has 0 spiro atoms. The third-order valence-corrected chi connectivity index (χ3v) is 26.1. The first-order chi connectivity index (χ1) is 31.1. The molecule has 0 bridgehead atoms. The van der Waals surface area contributed by atoms with Crippen molar-refractivity contribution in [3.63, 3.8) is 0 Å². The number of allylic oxidation sites excluding steroid dienone is 4. The predicted octanol–water partition coefficient (Wildman–Crippen LogP) is 9.78.